The second kappa shape index (κ2) is 11.8. The summed E-state index contributed by atoms with van der Waals surface area (Å²) in [6.07, 6.45) is 3.74. The van der Waals surface area contributed by atoms with Crippen molar-refractivity contribution in [3.05, 3.63) is 48.0 Å². The van der Waals surface area contributed by atoms with Crippen LogP contribution in [0.2, 0.25) is 0 Å². The van der Waals surface area contributed by atoms with Crippen LogP contribution in [0, 0.1) is 6.92 Å². The Bertz CT molecular complexity index is 1110. The second-order valence-electron chi connectivity index (χ2n) is 8.08. The first-order valence-corrected chi connectivity index (χ1v) is 12.9. The van der Waals surface area contributed by atoms with Crippen LogP contribution in [0.1, 0.15) is 38.2 Å². The minimum Gasteiger partial charge on any atom is -0.492 e. The van der Waals surface area contributed by atoms with Crippen molar-refractivity contribution in [1.29, 1.82) is 0 Å². The Labute approximate surface area is 200 Å². The molecule has 3 N–H and O–H groups in total. The van der Waals surface area contributed by atoms with E-state index in [9.17, 15) is 18.0 Å². The molecule has 3 amide bonds. The number of para-hydroxylation sites is 2. The maximum atomic E-state index is 13.2. The minimum absolute atomic E-state index is 0.186. The molecule has 3 rings (SSSR count). The molecule has 0 saturated carbocycles. The molecule has 1 aliphatic rings. The summed E-state index contributed by atoms with van der Waals surface area (Å²) < 4.78 is 33.4. The van der Waals surface area contributed by atoms with Crippen molar-refractivity contribution in [1.82, 2.24) is 9.62 Å². The molecule has 0 atom stereocenters. The number of rotatable bonds is 8. The number of benzene rings is 2. The molecule has 0 unspecified atom stereocenters. The Balaban J connectivity index is 1.60. The lowest BCUT2D eigenvalue weighted by Gasteiger charge is -2.21. The van der Waals surface area contributed by atoms with Crippen LogP contribution in [0.3, 0.4) is 0 Å². The predicted octanol–water partition coefficient (Wildman–Crippen LogP) is 3.72. The number of aryl methyl sites for hydroxylation is 1. The molecule has 0 aromatic heterocycles. The van der Waals surface area contributed by atoms with E-state index in [4.69, 9.17) is 4.74 Å². The number of anilines is 2. The third kappa shape index (κ3) is 6.71. The van der Waals surface area contributed by atoms with Gasteiger partial charge in [0, 0.05) is 18.8 Å². The SMILES string of the molecule is CCOc1ccccc1NC(=O)NCC(=O)Nc1ccc(C)c(S(=O)(=O)N2CCCCCC2)c1. The number of ether oxygens (including phenoxy) is 1. The highest BCUT2D eigenvalue weighted by molar-refractivity contribution is 7.89. The van der Waals surface area contributed by atoms with Gasteiger partial charge in [0.1, 0.15) is 5.75 Å². The topological polar surface area (TPSA) is 117 Å². The first kappa shape index (κ1) is 25.5. The summed E-state index contributed by atoms with van der Waals surface area (Å²) >= 11 is 0. The van der Waals surface area contributed by atoms with Gasteiger partial charge in [-0.2, -0.15) is 4.31 Å². The highest BCUT2D eigenvalue weighted by Crippen LogP contribution is 2.26. The van der Waals surface area contributed by atoms with E-state index in [0.29, 0.717) is 42.4 Å². The Hall–Kier alpha value is -3.11. The van der Waals surface area contributed by atoms with Gasteiger partial charge in [-0.1, -0.05) is 31.0 Å². The molecule has 10 heteroatoms. The van der Waals surface area contributed by atoms with Gasteiger partial charge >= 0.3 is 6.03 Å². The van der Waals surface area contributed by atoms with E-state index in [2.05, 4.69) is 16.0 Å². The standard InChI is InChI=1S/C24H32N4O5S/c1-3-33-21-11-7-6-10-20(21)27-24(30)25-17-23(29)26-19-13-12-18(2)22(16-19)34(31,32)28-14-8-4-5-9-15-28/h6-7,10-13,16H,3-5,8-9,14-15,17H2,1-2H3,(H,26,29)(H2,25,27,30). The molecule has 2 aromatic carbocycles. The molecule has 2 aromatic rings. The van der Waals surface area contributed by atoms with Crippen LogP contribution in [0.15, 0.2) is 47.4 Å². The second-order valence-corrected chi connectivity index (χ2v) is 9.99. The monoisotopic (exact) mass is 488 g/mol. The van der Waals surface area contributed by atoms with Gasteiger partial charge in [-0.25, -0.2) is 13.2 Å². The van der Waals surface area contributed by atoms with Gasteiger partial charge < -0.3 is 20.7 Å². The van der Waals surface area contributed by atoms with Crippen LogP contribution in [0.5, 0.6) is 5.75 Å². The lowest BCUT2D eigenvalue weighted by Crippen LogP contribution is -2.36. The lowest BCUT2D eigenvalue weighted by molar-refractivity contribution is -0.115. The first-order valence-electron chi connectivity index (χ1n) is 11.5. The summed E-state index contributed by atoms with van der Waals surface area (Å²) in [7, 11) is -3.65. The summed E-state index contributed by atoms with van der Waals surface area (Å²) in [5, 5.41) is 7.80. The average molecular weight is 489 g/mol. The van der Waals surface area contributed by atoms with E-state index < -0.39 is 22.0 Å². The number of amides is 3. The van der Waals surface area contributed by atoms with Gasteiger partial charge in [0.2, 0.25) is 15.9 Å². The van der Waals surface area contributed by atoms with E-state index in [0.717, 1.165) is 25.7 Å². The highest BCUT2D eigenvalue weighted by Gasteiger charge is 2.27. The van der Waals surface area contributed by atoms with Crippen LogP contribution in [0.25, 0.3) is 0 Å². The summed E-state index contributed by atoms with van der Waals surface area (Å²) in [5.74, 6) is 0.0534. The van der Waals surface area contributed by atoms with Gasteiger partial charge in [0.25, 0.3) is 0 Å². The number of carbonyl (C=O) groups is 2. The van der Waals surface area contributed by atoms with Crippen LogP contribution in [-0.4, -0.2) is 50.9 Å². The first-order chi connectivity index (χ1) is 16.3. The summed E-state index contributed by atoms with van der Waals surface area (Å²) in [6.45, 7) is 4.76. The molecule has 1 saturated heterocycles. The fourth-order valence-corrected chi connectivity index (χ4v) is 5.53. The zero-order valence-corrected chi connectivity index (χ0v) is 20.4. The lowest BCUT2D eigenvalue weighted by atomic mass is 10.2. The molecule has 0 spiro atoms. The molecular weight excluding hydrogens is 456 g/mol. The maximum absolute atomic E-state index is 13.2. The molecular formula is C24H32N4O5S. The fourth-order valence-electron chi connectivity index (χ4n) is 3.76. The number of carbonyl (C=O) groups excluding carboxylic acids is 2. The van der Waals surface area contributed by atoms with Crippen molar-refractivity contribution >= 4 is 33.3 Å². The predicted molar refractivity (Wildman–Crippen MR) is 132 cm³/mol. The molecule has 34 heavy (non-hydrogen) atoms. The highest BCUT2D eigenvalue weighted by atomic mass is 32.2. The Morgan fingerprint density at radius 2 is 1.71 bits per heavy atom. The maximum Gasteiger partial charge on any atom is 0.319 e. The Morgan fingerprint density at radius 3 is 2.41 bits per heavy atom. The molecule has 0 aliphatic carbocycles. The van der Waals surface area contributed by atoms with Crippen molar-refractivity contribution in [2.45, 2.75) is 44.4 Å². The van der Waals surface area contributed by atoms with E-state index in [1.54, 1.807) is 43.3 Å². The van der Waals surface area contributed by atoms with Crippen molar-refractivity contribution in [2.75, 3.05) is 36.9 Å². The molecule has 9 nitrogen and oxygen atoms in total. The van der Waals surface area contributed by atoms with Crippen molar-refractivity contribution in [3.8, 4) is 5.75 Å². The van der Waals surface area contributed by atoms with Crippen LogP contribution >= 0.6 is 0 Å². The average Bonchev–Trinajstić information content (AvgIpc) is 3.11. The van der Waals surface area contributed by atoms with Gasteiger partial charge in [0.15, 0.2) is 0 Å². The zero-order chi connectivity index (χ0) is 24.6. The quantitative estimate of drug-likeness (QED) is 0.524. The number of hydrogen-bond donors (Lipinski definition) is 3. The van der Waals surface area contributed by atoms with Crippen molar-refractivity contribution < 1.29 is 22.7 Å². The Kier molecular flexibility index (Phi) is 8.89. The van der Waals surface area contributed by atoms with Gasteiger partial charge in [-0.15, -0.1) is 0 Å². The summed E-state index contributed by atoms with van der Waals surface area (Å²) in [5.41, 5.74) is 1.46. The third-order valence-electron chi connectivity index (χ3n) is 5.50. The smallest absolute Gasteiger partial charge is 0.319 e. The number of nitrogens with zero attached hydrogens (tertiary/aromatic N) is 1. The fraction of sp³-hybridized carbons (Fsp3) is 0.417. The number of nitrogens with one attached hydrogen (secondary N) is 3. The number of hydrogen-bond acceptors (Lipinski definition) is 5. The normalized spacial score (nSPS) is 14.6. The molecule has 0 bridgehead atoms. The van der Waals surface area contributed by atoms with E-state index in [-0.39, 0.29) is 11.4 Å². The number of sulfonamides is 1. The van der Waals surface area contributed by atoms with Crippen LogP contribution in [-0.2, 0) is 14.8 Å². The molecule has 0 radical (unpaired) electrons. The van der Waals surface area contributed by atoms with Gasteiger partial charge in [-0.05, 0) is 56.5 Å². The minimum atomic E-state index is -3.65. The molecule has 1 heterocycles. The van der Waals surface area contributed by atoms with Crippen molar-refractivity contribution in [3.63, 3.8) is 0 Å². The van der Waals surface area contributed by atoms with E-state index in [1.807, 2.05) is 6.92 Å². The largest absolute Gasteiger partial charge is 0.492 e. The van der Waals surface area contributed by atoms with Crippen LogP contribution in [0.4, 0.5) is 16.2 Å². The van der Waals surface area contributed by atoms with Crippen molar-refractivity contribution in [2.24, 2.45) is 0 Å². The summed E-state index contributed by atoms with van der Waals surface area (Å²) in [4.78, 5) is 24.8. The molecule has 1 aliphatic heterocycles. The van der Waals surface area contributed by atoms with E-state index in [1.165, 1.54) is 10.4 Å². The van der Waals surface area contributed by atoms with Crippen LogP contribution < -0.4 is 20.7 Å². The van der Waals surface area contributed by atoms with Gasteiger partial charge in [0.05, 0.1) is 23.7 Å². The number of urea groups is 1. The van der Waals surface area contributed by atoms with E-state index >= 15 is 0 Å². The summed E-state index contributed by atoms with van der Waals surface area (Å²) in [6, 6.07) is 11.2. The Morgan fingerprint density at radius 1 is 1.00 bits per heavy atom. The van der Waals surface area contributed by atoms with Gasteiger partial charge in [-0.3, -0.25) is 4.79 Å². The molecule has 184 valence electrons. The third-order valence-corrected chi connectivity index (χ3v) is 7.54. The molecule has 1 fully saturated rings. The zero-order valence-electron chi connectivity index (χ0n) is 19.6.